The normalized spacial score (nSPS) is 16.8. The van der Waals surface area contributed by atoms with E-state index in [1.807, 2.05) is 43.0 Å². The molecule has 0 bridgehead atoms. The highest BCUT2D eigenvalue weighted by Crippen LogP contribution is 2.29. The number of hydrogen-bond acceptors (Lipinski definition) is 5. The molecule has 142 valence electrons. The molecular weight excluding hydrogens is 360 g/mol. The van der Waals surface area contributed by atoms with Crippen molar-refractivity contribution in [3.05, 3.63) is 53.7 Å². The summed E-state index contributed by atoms with van der Waals surface area (Å²) in [5, 5.41) is 0.574. The van der Waals surface area contributed by atoms with Crippen LogP contribution < -0.4 is 0 Å². The molecule has 1 fully saturated rings. The third kappa shape index (κ3) is 5.10. The zero-order valence-electron chi connectivity index (χ0n) is 15.7. The van der Waals surface area contributed by atoms with Crippen molar-refractivity contribution in [2.24, 2.45) is 0 Å². The number of aryl methyl sites for hydroxylation is 1. The maximum Gasteiger partial charge on any atom is 0.341 e. The van der Waals surface area contributed by atoms with Crippen LogP contribution in [0.3, 0.4) is 0 Å². The monoisotopic (exact) mass is 384 g/mol. The van der Waals surface area contributed by atoms with E-state index in [1.54, 1.807) is 18.3 Å². The summed E-state index contributed by atoms with van der Waals surface area (Å²) < 4.78 is 5.31. The Morgan fingerprint density at radius 2 is 2.00 bits per heavy atom. The molecule has 3 rings (SSSR count). The summed E-state index contributed by atoms with van der Waals surface area (Å²) in [5.41, 5.74) is 1.55. The number of ether oxygens (including phenoxy) is 1. The molecule has 5 nitrogen and oxygen atoms in total. The maximum atomic E-state index is 12.5. The van der Waals surface area contributed by atoms with Gasteiger partial charge < -0.3 is 9.64 Å². The Kier molecular flexibility index (Phi) is 6.50. The summed E-state index contributed by atoms with van der Waals surface area (Å²) >= 11 is 1.41. The third-order valence-electron chi connectivity index (χ3n) is 4.68. The second kappa shape index (κ2) is 9.04. The van der Waals surface area contributed by atoms with Gasteiger partial charge in [-0.05, 0) is 57.4 Å². The second-order valence-electron chi connectivity index (χ2n) is 6.78. The van der Waals surface area contributed by atoms with Crippen LogP contribution in [0.1, 0.15) is 42.1 Å². The van der Waals surface area contributed by atoms with Crippen molar-refractivity contribution in [1.29, 1.82) is 0 Å². The van der Waals surface area contributed by atoms with E-state index >= 15 is 0 Å². The van der Waals surface area contributed by atoms with E-state index in [-0.39, 0.29) is 18.6 Å². The molecule has 1 aromatic heterocycles. The molecule has 0 spiro atoms. The van der Waals surface area contributed by atoms with Gasteiger partial charge in [-0.15, -0.1) is 0 Å². The molecule has 0 aliphatic carbocycles. The Morgan fingerprint density at radius 3 is 2.74 bits per heavy atom. The fourth-order valence-electron chi connectivity index (χ4n) is 3.10. The molecule has 6 heteroatoms. The number of hydrogen-bond donors (Lipinski definition) is 0. The van der Waals surface area contributed by atoms with Crippen LogP contribution in [0.5, 0.6) is 0 Å². The number of rotatable bonds is 5. The van der Waals surface area contributed by atoms with Crippen LogP contribution in [-0.4, -0.2) is 41.0 Å². The van der Waals surface area contributed by atoms with Crippen molar-refractivity contribution in [3.63, 3.8) is 0 Å². The van der Waals surface area contributed by atoms with Gasteiger partial charge in [-0.2, -0.15) is 0 Å². The average Bonchev–Trinajstić information content (AvgIpc) is 2.68. The number of piperidine rings is 1. The molecule has 1 atom stereocenters. The van der Waals surface area contributed by atoms with Gasteiger partial charge in [-0.1, -0.05) is 29.5 Å². The quantitative estimate of drug-likeness (QED) is 0.727. The van der Waals surface area contributed by atoms with Gasteiger partial charge in [0.05, 0.1) is 5.56 Å². The minimum atomic E-state index is -0.518. The molecule has 1 aliphatic rings. The fourth-order valence-corrected chi connectivity index (χ4v) is 3.97. The lowest BCUT2D eigenvalue weighted by Crippen LogP contribution is -2.44. The number of pyridine rings is 1. The lowest BCUT2D eigenvalue weighted by molar-refractivity contribution is -0.137. The SMILES string of the molecule is Cc1ccc(Sc2ncccc2C(=O)OCC(=O)N2CCCC[C@@H]2C)cc1. The van der Waals surface area contributed by atoms with Crippen LogP contribution in [0, 0.1) is 6.92 Å². The van der Waals surface area contributed by atoms with E-state index in [0.717, 1.165) is 30.7 Å². The van der Waals surface area contributed by atoms with Crippen molar-refractivity contribution in [2.45, 2.75) is 49.1 Å². The summed E-state index contributed by atoms with van der Waals surface area (Å²) in [7, 11) is 0. The summed E-state index contributed by atoms with van der Waals surface area (Å²) in [5.74, 6) is -0.650. The topological polar surface area (TPSA) is 59.5 Å². The molecule has 1 amide bonds. The van der Waals surface area contributed by atoms with Gasteiger partial charge in [-0.3, -0.25) is 4.79 Å². The Bertz CT molecular complexity index is 807. The van der Waals surface area contributed by atoms with Gasteiger partial charge >= 0.3 is 5.97 Å². The first-order chi connectivity index (χ1) is 13.0. The Labute approximate surface area is 164 Å². The van der Waals surface area contributed by atoms with E-state index in [2.05, 4.69) is 4.98 Å². The van der Waals surface area contributed by atoms with Crippen molar-refractivity contribution < 1.29 is 14.3 Å². The fraction of sp³-hybridized carbons (Fsp3) is 0.381. The number of carbonyl (C=O) groups is 2. The molecular formula is C21H24N2O3S. The van der Waals surface area contributed by atoms with Gasteiger partial charge in [-0.25, -0.2) is 9.78 Å². The number of aromatic nitrogens is 1. The van der Waals surface area contributed by atoms with E-state index in [9.17, 15) is 9.59 Å². The van der Waals surface area contributed by atoms with Crippen molar-refractivity contribution >= 4 is 23.6 Å². The highest BCUT2D eigenvalue weighted by Gasteiger charge is 2.24. The summed E-state index contributed by atoms with van der Waals surface area (Å²) in [6.07, 6.45) is 4.79. The first kappa shape index (κ1) is 19.4. The summed E-state index contributed by atoms with van der Waals surface area (Å²) in [6.45, 7) is 4.57. The number of likely N-dealkylation sites (tertiary alicyclic amines) is 1. The highest BCUT2D eigenvalue weighted by atomic mass is 32.2. The predicted octanol–water partition coefficient (Wildman–Crippen LogP) is 4.10. The van der Waals surface area contributed by atoms with Crippen molar-refractivity contribution in [3.8, 4) is 0 Å². The number of carbonyl (C=O) groups excluding carboxylic acids is 2. The minimum Gasteiger partial charge on any atom is -0.452 e. The van der Waals surface area contributed by atoms with E-state index in [0.29, 0.717) is 10.6 Å². The Morgan fingerprint density at radius 1 is 1.22 bits per heavy atom. The second-order valence-corrected chi connectivity index (χ2v) is 7.84. The van der Waals surface area contributed by atoms with Crippen LogP contribution >= 0.6 is 11.8 Å². The molecule has 0 unspecified atom stereocenters. The van der Waals surface area contributed by atoms with Gasteiger partial charge in [0.1, 0.15) is 5.03 Å². The van der Waals surface area contributed by atoms with Crippen LogP contribution in [0.4, 0.5) is 0 Å². The number of esters is 1. The molecule has 2 aromatic rings. The maximum absolute atomic E-state index is 12.5. The van der Waals surface area contributed by atoms with Crippen LogP contribution in [-0.2, 0) is 9.53 Å². The minimum absolute atomic E-state index is 0.132. The molecule has 1 aromatic carbocycles. The molecule has 0 saturated carbocycles. The van der Waals surface area contributed by atoms with Crippen molar-refractivity contribution in [2.75, 3.05) is 13.2 Å². The van der Waals surface area contributed by atoms with Gasteiger partial charge in [0, 0.05) is 23.7 Å². The molecule has 0 radical (unpaired) electrons. The van der Waals surface area contributed by atoms with Gasteiger partial charge in [0.25, 0.3) is 5.91 Å². The first-order valence-corrected chi connectivity index (χ1v) is 10.0. The van der Waals surface area contributed by atoms with E-state index in [1.165, 1.54) is 17.3 Å². The van der Waals surface area contributed by atoms with E-state index < -0.39 is 5.97 Å². The number of nitrogens with zero attached hydrogens (tertiary/aromatic N) is 2. The largest absolute Gasteiger partial charge is 0.452 e. The van der Waals surface area contributed by atoms with Crippen LogP contribution in [0.2, 0.25) is 0 Å². The lowest BCUT2D eigenvalue weighted by Gasteiger charge is -2.33. The zero-order valence-corrected chi connectivity index (χ0v) is 16.5. The van der Waals surface area contributed by atoms with Crippen LogP contribution in [0.15, 0.2) is 52.5 Å². The van der Waals surface area contributed by atoms with Crippen molar-refractivity contribution in [1.82, 2.24) is 9.88 Å². The molecule has 0 N–H and O–H groups in total. The lowest BCUT2D eigenvalue weighted by atomic mass is 10.0. The summed E-state index contributed by atoms with van der Waals surface area (Å²) in [4.78, 5) is 32.0. The molecule has 1 saturated heterocycles. The standard InChI is InChI=1S/C21H24N2O3S/c1-15-8-10-17(11-9-15)27-20-18(7-5-12-22-20)21(25)26-14-19(24)23-13-4-3-6-16(23)2/h5,7-12,16H,3-4,6,13-14H2,1-2H3/t16-/m0/s1. The smallest absolute Gasteiger partial charge is 0.341 e. The van der Waals surface area contributed by atoms with E-state index in [4.69, 9.17) is 4.74 Å². The zero-order chi connectivity index (χ0) is 19.2. The first-order valence-electron chi connectivity index (χ1n) is 9.20. The molecule has 2 heterocycles. The Hall–Kier alpha value is -2.34. The highest BCUT2D eigenvalue weighted by molar-refractivity contribution is 7.99. The predicted molar refractivity (Wildman–Crippen MR) is 105 cm³/mol. The molecule has 27 heavy (non-hydrogen) atoms. The third-order valence-corrected chi connectivity index (χ3v) is 5.70. The van der Waals surface area contributed by atoms with Crippen LogP contribution in [0.25, 0.3) is 0 Å². The Balaban J connectivity index is 1.64. The average molecular weight is 385 g/mol. The number of benzene rings is 1. The van der Waals surface area contributed by atoms with Gasteiger partial charge in [0.2, 0.25) is 0 Å². The van der Waals surface area contributed by atoms with Gasteiger partial charge in [0.15, 0.2) is 6.61 Å². The summed E-state index contributed by atoms with van der Waals surface area (Å²) in [6, 6.07) is 11.6. The number of amides is 1. The molecule has 1 aliphatic heterocycles.